The number of furan rings is 1. The van der Waals surface area contributed by atoms with E-state index in [1.54, 1.807) is 6.26 Å². The van der Waals surface area contributed by atoms with Gasteiger partial charge in [0.05, 0.1) is 12.0 Å². The summed E-state index contributed by atoms with van der Waals surface area (Å²) in [4.78, 5) is 2.43. The second-order valence-electron chi connectivity index (χ2n) is 3.91. The summed E-state index contributed by atoms with van der Waals surface area (Å²) in [6.45, 7) is 10.0. The van der Waals surface area contributed by atoms with Crippen LogP contribution in [0.3, 0.4) is 0 Å². The van der Waals surface area contributed by atoms with Crippen LogP contribution in [0.4, 0.5) is 0 Å². The average molecular weight is 256 g/mol. The molecule has 0 fully saturated rings. The molecule has 1 rings (SSSR count). The number of hydrogen-bond acceptors (Lipinski definition) is 4. The van der Waals surface area contributed by atoms with Crippen molar-refractivity contribution in [3.63, 3.8) is 0 Å². The quantitative estimate of drug-likeness (QED) is 0.651. The van der Waals surface area contributed by atoms with Crippen LogP contribution in [0, 0.1) is 0 Å². The van der Waals surface area contributed by atoms with Gasteiger partial charge in [0.1, 0.15) is 5.76 Å². The molecule has 0 atom stereocenters. The molecule has 0 aliphatic heterocycles. The summed E-state index contributed by atoms with van der Waals surface area (Å²) in [5.41, 5.74) is 0. The van der Waals surface area contributed by atoms with Crippen molar-refractivity contribution < 1.29 is 4.42 Å². The van der Waals surface area contributed by atoms with Crippen LogP contribution in [-0.4, -0.2) is 43.4 Å². The van der Waals surface area contributed by atoms with Crippen molar-refractivity contribution in [3.05, 3.63) is 24.2 Å². The molecule has 0 aliphatic carbocycles. The van der Waals surface area contributed by atoms with E-state index in [0.29, 0.717) is 0 Å². The van der Waals surface area contributed by atoms with E-state index in [2.05, 4.69) is 24.1 Å². The molecule has 0 unspecified atom stereocenters. The van der Waals surface area contributed by atoms with E-state index in [4.69, 9.17) is 4.42 Å². The van der Waals surface area contributed by atoms with Crippen molar-refractivity contribution in [3.8, 4) is 0 Å². The summed E-state index contributed by atoms with van der Waals surface area (Å²) >= 11 is 1.91. The lowest BCUT2D eigenvalue weighted by molar-refractivity contribution is 0.303. The van der Waals surface area contributed by atoms with Crippen molar-refractivity contribution >= 4 is 11.8 Å². The van der Waals surface area contributed by atoms with Gasteiger partial charge in [-0.25, -0.2) is 0 Å². The van der Waals surface area contributed by atoms with Gasteiger partial charge in [0.15, 0.2) is 0 Å². The predicted molar refractivity (Wildman–Crippen MR) is 75.5 cm³/mol. The van der Waals surface area contributed by atoms with Crippen LogP contribution < -0.4 is 5.32 Å². The summed E-state index contributed by atoms with van der Waals surface area (Å²) in [5.74, 6) is 3.18. The van der Waals surface area contributed by atoms with Gasteiger partial charge in [0, 0.05) is 25.4 Å². The number of thioether (sulfide) groups is 1. The van der Waals surface area contributed by atoms with E-state index >= 15 is 0 Å². The Balaban J connectivity index is 1.87. The first-order chi connectivity index (χ1) is 8.36. The van der Waals surface area contributed by atoms with Crippen molar-refractivity contribution in [2.24, 2.45) is 0 Å². The Morgan fingerprint density at radius 2 is 2.12 bits per heavy atom. The molecule has 0 aromatic carbocycles. The van der Waals surface area contributed by atoms with E-state index in [9.17, 15) is 0 Å². The summed E-state index contributed by atoms with van der Waals surface area (Å²) in [6, 6.07) is 3.97. The fraction of sp³-hybridized carbons (Fsp3) is 0.692. The van der Waals surface area contributed by atoms with Gasteiger partial charge in [-0.15, -0.1) is 0 Å². The molecule has 0 bridgehead atoms. The highest BCUT2D eigenvalue weighted by Gasteiger charge is 1.98. The Morgan fingerprint density at radius 3 is 2.76 bits per heavy atom. The number of rotatable bonds is 10. The van der Waals surface area contributed by atoms with Gasteiger partial charge in [-0.1, -0.05) is 13.8 Å². The lowest BCUT2D eigenvalue weighted by Gasteiger charge is -2.17. The lowest BCUT2D eigenvalue weighted by atomic mass is 10.4. The maximum atomic E-state index is 5.27. The highest BCUT2D eigenvalue weighted by Crippen LogP contribution is 2.11. The van der Waals surface area contributed by atoms with Crippen molar-refractivity contribution in [1.29, 1.82) is 0 Å². The molecule has 0 aliphatic rings. The van der Waals surface area contributed by atoms with Crippen LogP contribution in [0.25, 0.3) is 0 Å². The van der Waals surface area contributed by atoms with E-state index in [1.165, 1.54) is 0 Å². The normalized spacial score (nSPS) is 11.2. The standard InChI is InChI=1S/C13H24N2OS/c1-3-15(4-2)9-7-14-8-11-17-12-13-6-5-10-16-13/h5-6,10,14H,3-4,7-9,11-12H2,1-2H3. The zero-order valence-corrected chi connectivity index (χ0v) is 11.8. The van der Waals surface area contributed by atoms with Gasteiger partial charge in [-0.2, -0.15) is 11.8 Å². The third kappa shape index (κ3) is 6.76. The molecule has 98 valence electrons. The Morgan fingerprint density at radius 1 is 1.29 bits per heavy atom. The molecule has 4 heteroatoms. The lowest BCUT2D eigenvalue weighted by Crippen LogP contribution is -2.32. The summed E-state index contributed by atoms with van der Waals surface area (Å²) in [6.07, 6.45) is 1.73. The van der Waals surface area contributed by atoms with Crippen LogP contribution in [0.2, 0.25) is 0 Å². The van der Waals surface area contributed by atoms with Crippen LogP contribution in [-0.2, 0) is 5.75 Å². The largest absolute Gasteiger partial charge is 0.468 e. The van der Waals surface area contributed by atoms with Gasteiger partial charge in [-0.05, 0) is 25.2 Å². The fourth-order valence-electron chi connectivity index (χ4n) is 1.61. The molecule has 0 saturated heterocycles. The van der Waals surface area contributed by atoms with Gasteiger partial charge < -0.3 is 14.6 Å². The SMILES string of the molecule is CCN(CC)CCNCCSCc1ccco1. The second-order valence-corrected chi connectivity index (χ2v) is 5.01. The van der Waals surface area contributed by atoms with Crippen molar-refractivity contribution in [1.82, 2.24) is 10.2 Å². The molecule has 3 nitrogen and oxygen atoms in total. The summed E-state index contributed by atoms with van der Waals surface area (Å²) in [5, 5.41) is 3.47. The number of hydrogen-bond donors (Lipinski definition) is 1. The Kier molecular flexibility index (Phi) is 8.22. The summed E-state index contributed by atoms with van der Waals surface area (Å²) < 4.78 is 5.27. The van der Waals surface area contributed by atoms with Gasteiger partial charge >= 0.3 is 0 Å². The maximum Gasteiger partial charge on any atom is 0.113 e. The van der Waals surface area contributed by atoms with Crippen LogP contribution in [0.15, 0.2) is 22.8 Å². The molecule has 1 N–H and O–H groups in total. The molecule has 0 spiro atoms. The molecule has 17 heavy (non-hydrogen) atoms. The minimum atomic E-state index is 0.977. The number of nitrogens with zero attached hydrogens (tertiary/aromatic N) is 1. The van der Waals surface area contributed by atoms with Gasteiger partial charge in [0.25, 0.3) is 0 Å². The predicted octanol–water partition coefficient (Wildman–Crippen LogP) is 2.44. The minimum Gasteiger partial charge on any atom is -0.468 e. The van der Waals surface area contributed by atoms with Crippen LogP contribution in [0.1, 0.15) is 19.6 Å². The highest BCUT2D eigenvalue weighted by molar-refractivity contribution is 7.98. The third-order valence-electron chi connectivity index (χ3n) is 2.75. The zero-order chi connectivity index (χ0) is 12.3. The first-order valence-electron chi connectivity index (χ1n) is 6.40. The molecule has 1 aromatic rings. The molecule has 0 saturated carbocycles. The molecule has 1 aromatic heterocycles. The Bertz CT molecular complexity index is 260. The third-order valence-corrected chi connectivity index (χ3v) is 3.73. The average Bonchev–Trinajstić information content (AvgIpc) is 2.86. The van der Waals surface area contributed by atoms with E-state index in [0.717, 1.165) is 50.0 Å². The second kappa shape index (κ2) is 9.57. The Hall–Kier alpha value is -0.450. The topological polar surface area (TPSA) is 28.4 Å². The molecule has 0 amide bonds. The van der Waals surface area contributed by atoms with Crippen molar-refractivity contribution in [2.75, 3.05) is 38.5 Å². The molecule has 0 radical (unpaired) electrons. The molecular formula is C13H24N2OS. The van der Waals surface area contributed by atoms with E-state index in [1.807, 2.05) is 23.9 Å². The van der Waals surface area contributed by atoms with Crippen LogP contribution >= 0.6 is 11.8 Å². The maximum absolute atomic E-state index is 5.27. The number of nitrogens with one attached hydrogen (secondary N) is 1. The van der Waals surface area contributed by atoms with E-state index in [-0.39, 0.29) is 0 Å². The smallest absolute Gasteiger partial charge is 0.113 e. The number of likely N-dealkylation sites (N-methyl/N-ethyl adjacent to an activating group) is 1. The monoisotopic (exact) mass is 256 g/mol. The van der Waals surface area contributed by atoms with Gasteiger partial charge in [0.2, 0.25) is 0 Å². The molecular weight excluding hydrogens is 232 g/mol. The van der Waals surface area contributed by atoms with Crippen LogP contribution in [0.5, 0.6) is 0 Å². The minimum absolute atomic E-state index is 0.977. The van der Waals surface area contributed by atoms with E-state index < -0.39 is 0 Å². The zero-order valence-electron chi connectivity index (χ0n) is 10.9. The van der Waals surface area contributed by atoms with Gasteiger partial charge in [-0.3, -0.25) is 0 Å². The molecule has 1 heterocycles. The first kappa shape index (κ1) is 14.6. The highest BCUT2D eigenvalue weighted by atomic mass is 32.2. The summed E-state index contributed by atoms with van der Waals surface area (Å²) in [7, 11) is 0. The van der Waals surface area contributed by atoms with Crippen molar-refractivity contribution in [2.45, 2.75) is 19.6 Å². The first-order valence-corrected chi connectivity index (χ1v) is 7.55. The fourth-order valence-corrected chi connectivity index (χ4v) is 2.41. The Labute approximate surface area is 109 Å².